The Labute approximate surface area is 101 Å². The van der Waals surface area contributed by atoms with Crippen molar-refractivity contribution in [1.29, 1.82) is 0 Å². The molecule has 0 spiro atoms. The molecule has 0 unspecified atom stereocenters. The molecule has 1 nitrogen and oxygen atoms in total. The number of nitrogens with one attached hydrogen (secondary N) is 1. The van der Waals surface area contributed by atoms with Gasteiger partial charge in [-0.25, -0.2) is 8.78 Å². The first-order valence-corrected chi connectivity index (χ1v) is 6.08. The van der Waals surface area contributed by atoms with Gasteiger partial charge in [-0.3, -0.25) is 0 Å². The lowest BCUT2D eigenvalue weighted by molar-refractivity contribution is 0.568. The quantitative estimate of drug-likeness (QED) is 0.610. The molecule has 0 heterocycles. The normalized spacial score (nSPS) is 15.1. The van der Waals surface area contributed by atoms with Crippen molar-refractivity contribution in [3.05, 3.63) is 47.0 Å². The molecule has 0 bridgehead atoms. The van der Waals surface area contributed by atoms with Gasteiger partial charge in [0.15, 0.2) is 0 Å². The first kappa shape index (κ1) is 12.2. The van der Waals surface area contributed by atoms with Gasteiger partial charge in [0.2, 0.25) is 0 Å². The van der Waals surface area contributed by atoms with Gasteiger partial charge in [0.05, 0.1) is 0 Å². The summed E-state index contributed by atoms with van der Waals surface area (Å²) in [7, 11) is 0. The maximum atomic E-state index is 13.3. The number of hydrogen-bond donors (Lipinski definition) is 1. The number of hydrogen-bond acceptors (Lipinski definition) is 1. The molecule has 0 fully saturated rings. The van der Waals surface area contributed by atoms with Crippen LogP contribution in [0.3, 0.4) is 0 Å². The van der Waals surface area contributed by atoms with E-state index in [9.17, 15) is 8.78 Å². The second kappa shape index (κ2) is 5.92. The van der Waals surface area contributed by atoms with Crippen LogP contribution < -0.4 is 5.32 Å². The van der Waals surface area contributed by atoms with Crippen molar-refractivity contribution in [1.82, 2.24) is 5.32 Å². The standard InChI is InChI=1S/C14H17F2N/c15-13-5-6-14(16)12(9-13)10-17-8-7-11-3-1-2-4-11/h3,5-6,9,17H,1-2,4,7-8,10H2. The summed E-state index contributed by atoms with van der Waals surface area (Å²) in [6, 6.07) is 3.56. The monoisotopic (exact) mass is 237 g/mol. The van der Waals surface area contributed by atoms with E-state index in [0.29, 0.717) is 12.1 Å². The van der Waals surface area contributed by atoms with E-state index in [1.54, 1.807) is 0 Å². The second-order valence-electron chi connectivity index (χ2n) is 4.42. The highest BCUT2D eigenvalue weighted by Crippen LogP contribution is 2.19. The molecule has 2 rings (SSSR count). The van der Waals surface area contributed by atoms with Crippen LogP contribution in [0.15, 0.2) is 29.8 Å². The van der Waals surface area contributed by atoms with Gasteiger partial charge in [0, 0.05) is 12.1 Å². The van der Waals surface area contributed by atoms with Crippen molar-refractivity contribution in [3.63, 3.8) is 0 Å². The molecule has 0 atom stereocenters. The third-order valence-corrected chi connectivity index (χ3v) is 3.08. The molecule has 0 aliphatic heterocycles. The smallest absolute Gasteiger partial charge is 0.127 e. The highest BCUT2D eigenvalue weighted by atomic mass is 19.1. The number of allylic oxidation sites excluding steroid dienone is 1. The lowest BCUT2D eigenvalue weighted by Gasteiger charge is -2.06. The van der Waals surface area contributed by atoms with Gasteiger partial charge >= 0.3 is 0 Å². The maximum absolute atomic E-state index is 13.3. The zero-order chi connectivity index (χ0) is 12.1. The SMILES string of the molecule is Fc1ccc(F)c(CNCCC2=CCCC2)c1. The third-order valence-electron chi connectivity index (χ3n) is 3.08. The summed E-state index contributed by atoms with van der Waals surface area (Å²) in [6.07, 6.45) is 6.93. The van der Waals surface area contributed by atoms with E-state index >= 15 is 0 Å². The lowest BCUT2D eigenvalue weighted by Crippen LogP contribution is -2.16. The van der Waals surface area contributed by atoms with Crippen LogP contribution in [0, 0.1) is 11.6 Å². The summed E-state index contributed by atoms with van der Waals surface area (Å²) in [6.45, 7) is 1.21. The van der Waals surface area contributed by atoms with Gasteiger partial charge in [-0.15, -0.1) is 0 Å². The Balaban J connectivity index is 1.75. The molecule has 1 aromatic carbocycles. The lowest BCUT2D eigenvalue weighted by atomic mass is 10.1. The Bertz CT molecular complexity index is 413. The van der Waals surface area contributed by atoms with Crippen molar-refractivity contribution in [3.8, 4) is 0 Å². The van der Waals surface area contributed by atoms with Crippen molar-refractivity contribution in [2.24, 2.45) is 0 Å². The molecular formula is C14H17F2N. The number of benzene rings is 1. The predicted octanol–water partition coefficient (Wildman–Crippen LogP) is 3.55. The Morgan fingerprint density at radius 3 is 2.88 bits per heavy atom. The second-order valence-corrected chi connectivity index (χ2v) is 4.42. The molecular weight excluding hydrogens is 220 g/mol. The summed E-state index contributed by atoms with van der Waals surface area (Å²) in [5.41, 5.74) is 1.88. The molecule has 0 aromatic heterocycles. The molecule has 1 aliphatic rings. The van der Waals surface area contributed by atoms with Gasteiger partial charge in [0.1, 0.15) is 11.6 Å². The van der Waals surface area contributed by atoms with E-state index in [2.05, 4.69) is 11.4 Å². The predicted molar refractivity (Wildman–Crippen MR) is 64.6 cm³/mol. The third kappa shape index (κ3) is 3.63. The molecule has 1 aromatic rings. The fraction of sp³-hybridized carbons (Fsp3) is 0.429. The highest BCUT2D eigenvalue weighted by molar-refractivity contribution is 5.18. The fourth-order valence-electron chi connectivity index (χ4n) is 2.12. The van der Waals surface area contributed by atoms with Gasteiger partial charge in [-0.05, 0) is 50.4 Å². The summed E-state index contributed by atoms with van der Waals surface area (Å²) in [4.78, 5) is 0. The van der Waals surface area contributed by atoms with Crippen molar-refractivity contribution < 1.29 is 8.78 Å². The first-order chi connectivity index (χ1) is 8.25. The Hall–Kier alpha value is -1.22. The van der Waals surface area contributed by atoms with E-state index < -0.39 is 0 Å². The Morgan fingerprint density at radius 1 is 1.24 bits per heavy atom. The maximum Gasteiger partial charge on any atom is 0.127 e. The van der Waals surface area contributed by atoms with Crippen LogP contribution in [-0.4, -0.2) is 6.54 Å². The van der Waals surface area contributed by atoms with Crippen molar-refractivity contribution in [2.75, 3.05) is 6.54 Å². The first-order valence-electron chi connectivity index (χ1n) is 6.08. The molecule has 17 heavy (non-hydrogen) atoms. The molecule has 0 saturated heterocycles. The molecule has 0 radical (unpaired) electrons. The van der Waals surface area contributed by atoms with Crippen LogP contribution in [0.2, 0.25) is 0 Å². The zero-order valence-electron chi connectivity index (χ0n) is 9.81. The number of halogens is 2. The van der Waals surface area contributed by atoms with Gasteiger partial charge < -0.3 is 5.32 Å². The van der Waals surface area contributed by atoms with Crippen molar-refractivity contribution >= 4 is 0 Å². The van der Waals surface area contributed by atoms with Gasteiger partial charge in [0.25, 0.3) is 0 Å². The minimum atomic E-state index is -0.387. The summed E-state index contributed by atoms with van der Waals surface area (Å²) >= 11 is 0. The van der Waals surface area contributed by atoms with Crippen molar-refractivity contribution in [2.45, 2.75) is 32.2 Å². The number of rotatable bonds is 5. The van der Waals surface area contributed by atoms with E-state index in [4.69, 9.17) is 0 Å². The topological polar surface area (TPSA) is 12.0 Å². The largest absolute Gasteiger partial charge is 0.312 e. The highest BCUT2D eigenvalue weighted by Gasteiger charge is 2.05. The van der Waals surface area contributed by atoms with E-state index in [0.717, 1.165) is 19.0 Å². The Morgan fingerprint density at radius 2 is 2.12 bits per heavy atom. The van der Waals surface area contributed by atoms with E-state index in [1.165, 1.54) is 37.0 Å². The zero-order valence-corrected chi connectivity index (χ0v) is 9.81. The van der Waals surface area contributed by atoms with Crippen LogP contribution >= 0.6 is 0 Å². The molecule has 0 saturated carbocycles. The minimum absolute atomic E-state index is 0.348. The average Bonchev–Trinajstić information content (AvgIpc) is 2.82. The summed E-state index contributed by atoms with van der Waals surface area (Å²) in [5.74, 6) is -0.735. The van der Waals surface area contributed by atoms with Crippen LogP contribution in [-0.2, 0) is 6.54 Å². The van der Waals surface area contributed by atoms with Gasteiger partial charge in [-0.2, -0.15) is 0 Å². The minimum Gasteiger partial charge on any atom is -0.312 e. The Kier molecular flexibility index (Phi) is 4.26. The van der Waals surface area contributed by atoms with Crippen LogP contribution in [0.4, 0.5) is 8.78 Å². The summed E-state index contributed by atoms with van der Waals surface area (Å²) < 4.78 is 26.2. The molecule has 1 N–H and O–H groups in total. The van der Waals surface area contributed by atoms with Crippen LogP contribution in [0.5, 0.6) is 0 Å². The molecule has 1 aliphatic carbocycles. The molecule has 92 valence electrons. The summed E-state index contributed by atoms with van der Waals surface area (Å²) in [5, 5.41) is 3.15. The fourth-order valence-corrected chi connectivity index (χ4v) is 2.12. The van der Waals surface area contributed by atoms with Crippen LogP contribution in [0.25, 0.3) is 0 Å². The average molecular weight is 237 g/mol. The van der Waals surface area contributed by atoms with E-state index in [1.807, 2.05) is 0 Å². The van der Waals surface area contributed by atoms with Crippen LogP contribution in [0.1, 0.15) is 31.2 Å². The van der Waals surface area contributed by atoms with E-state index in [-0.39, 0.29) is 11.6 Å². The van der Waals surface area contributed by atoms with Gasteiger partial charge in [-0.1, -0.05) is 11.6 Å². The molecule has 3 heteroatoms. The molecule has 0 amide bonds.